The van der Waals surface area contributed by atoms with Gasteiger partial charge in [0.25, 0.3) is 0 Å². The van der Waals surface area contributed by atoms with Gasteiger partial charge < -0.3 is 10.2 Å². The van der Waals surface area contributed by atoms with E-state index in [2.05, 4.69) is 0 Å². The second-order valence-electron chi connectivity index (χ2n) is 1.96. The van der Waals surface area contributed by atoms with Gasteiger partial charge in [0.1, 0.15) is 0 Å². The van der Waals surface area contributed by atoms with Gasteiger partial charge in [0.15, 0.2) is 0 Å². The Hall–Kier alpha value is -0.570. The molecule has 3 nitrogen and oxygen atoms in total. The van der Waals surface area contributed by atoms with Crippen LogP contribution in [0.15, 0.2) is 0 Å². The summed E-state index contributed by atoms with van der Waals surface area (Å²) in [6, 6.07) is 0. The van der Waals surface area contributed by atoms with Crippen LogP contribution in [0.1, 0.15) is 19.8 Å². The molecule has 0 aliphatic carbocycles. The van der Waals surface area contributed by atoms with Crippen LogP contribution in [-0.2, 0) is 4.79 Å². The summed E-state index contributed by atoms with van der Waals surface area (Å²) in [5, 5.41) is 16.7. The molecular formula is C6H12O3. The van der Waals surface area contributed by atoms with Crippen molar-refractivity contribution < 1.29 is 15.0 Å². The van der Waals surface area contributed by atoms with Gasteiger partial charge >= 0.3 is 5.97 Å². The Morgan fingerprint density at radius 2 is 2.22 bits per heavy atom. The fraction of sp³-hybridized carbons (Fsp3) is 0.833. The Kier molecular flexibility index (Phi) is 4.05. The van der Waals surface area contributed by atoms with Crippen LogP contribution in [0.25, 0.3) is 0 Å². The molecule has 1 atom stereocenters. The van der Waals surface area contributed by atoms with E-state index in [1.54, 1.807) is 6.92 Å². The molecule has 0 bridgehead atoms. The van der Waals surface area contributed by atoms with E-state index in [0.717, 1.165) is 0 Å². The normalized spacial score (nSPS) is 13.1. The lowest BCUT2D eigenvalue weighted by Crippen LogP contribution is -2.13. The third kappa shape index (κ3) is 3.08. The summed E-state index contributed by atoms with van der Waals surface area (Å²) in [5.41, 5.74) is 0. The van der Waals surface area contributed by atoms with E-state index in [1.807, 2.05) is 0 Å². The van der Waals surface area contributed by atoms with E-state index < -0.39 is 5.97 Å². The molecule has 3 heteroatoms. The summed E-state index contributed by atoms with van der Waals surface area (Å²) in [6.45, 7) is 1.76. The zero-order valence-electron chi connectivity index (χ0n) is 5.50. The fourth-order valence-corrected chi connectivity index (χ4v) is 0.658. The number of carboxylic acid groups (broad SMARTS) is 1. The Bertz CT molecular complexity index is 90.3. The predicted octanol–water partition coefficient (Wildman–Crippen LogP) is 0.480. The molecule has 0 aromatic carbocycles. The topological polar surface area (TPSA) is 57.5 Å². The monoisotopic (exact) mass is 132 g/mol. The van der Waals surface area contributed by atoms with E-state index in [1.165, 1.54) is 0 Å². The first-order chi connectivity index (χ1) is 4.22. The summed E-state index contributed by atoms with van der Waals surface area (Å²) < 4.78 is 0. The maximum atomic E-state index is 10.2. The minimum absolute atomic E-state index is 0.0369. The number of carbonyl (C=O) groups is 1. The van der Waals surface area contributed by atoms with Gasteiger partial charge in [-0.3, -0.25) is 4.79 Å². The Morgan fingerprint density at radius 3 is 2.33 bits per heavy atom. The number of aliphatic hydroxyl groups is 1. The van der Waals surface area contributed by atoms with E-state index in [4.69, 9.17) is 10.2 Å². The van der Waals surface area contributed by atoms with Gasteiger partial charge in [-0.25, -0.2) is 0 Å². The molecule has 0 aromatic heterocycles. The van der Waals surface area contributed by atoms with Crippen LogP contribution in [0, 0.1) is 5.92 Å². The molecule has 0 saturated carbocycles. The van der Waals surface area contributed by atoms with Gasteiger partial charge in [0.2, 0.25) is 0 Å². The minimum atomic E-state index is -0.813. The molecule has 0 radical (unpaired) electrons. The molecule has 0 spiro atoms. The smallest absolute Gasteiger partial charge is 0.306 e. The number of rotatable bonds is 4. The first-order valence-corrected chi connectivity index (χ1v) is 3.06. The molecule has 9 heavy (non-hydrogen) atoms. The van der Waals surface area contributed by atoms with Crippen molar-refractivity contribution in [3.63, 3.8) is 0 Å². The number of aliphatic carboxylic acids is 1. The lowest BCUT2D eigenvalue weighted by atomic mass is 10.0. The molecule has 0 heterocycles. The summed E-state index contributed by atoms with van der Waals surface area (Å²) in [7, 11) is 0. The molecule has 0 rings (SSSR count). The van der Waals surface area contributed by atoms with Crippen molar-refractivity contribution in [1.29, 1.82) is 0 Å². The van der Waals surface area contributed by atoms with Gasteiger partial charge in [-0.1, -0.05) is 6.92 Å². The summed E-state index contributed by atoms with van der Waals surface area (Å²) >= 11 is 0. The van der Waals surface area contributed by atoms with E-state index in [0.29, 0.717) is 12.8 Å². The van der Waals surface area contributed by atoms with Gasteiger partial charge in [-0.15, -0.1) is 0 Å². The van der Waals surface area contributed by atoms with Crippen LogP contribution in [0.4, 0.5) is 0 Å². The number of hydrogen-bond donors (Lipinski definition) is 2. The van der Waals surface area contributed by atoms with Crippen LogP contribution in [0.3, 0.4) is 0 Å². The second kappa shape index (κ2) is 4.32. The molecule has 0 saturated heterocycles. The maximum Gasteiger partial charge on any atom is 0.306 e. The molecule has 2 N–H and O–H groups in total. The van der Waals surface area contributed by atoms with Crippen molar-refractivity contribution in [2.24, 2.45) is 5.92 Å². The standard InChI is InChI=1S/C6H12O3/c1-2-5(3-4-7)6(8)9/h5,7H,2-4H2,1H3,(H,8,9)/t5-/m0/s1. The lowest BCUT2D eigenvalue weighted by molar-refractivity contribution is -0.142. The molecule has 0 amide bonds. The van der Waals surface area contributed by atoms with Crippen LogP contribution >= 0.6 is 0 Å². The van der Waals surface area contributed by atoms with E-state index in [9.17, 15) is 4.79 Å². The SMILES string of the molecule is CC[C@@H](CCO)C(=O)O. The van der Waals surface area contributed by atoms with Crippen molar-refractivity contribution in [3.8, 4) is 0 Å². The zero-order valence-corrected chi connectivity index (χ0v) is 5.50. The van der Waals surface area contributed by atoms with Crippen molar-refractivity contribution in [1.82, 2.24) is 0 Å². The van der Waals surface area contributed by atoms with Gasteiger partial charge in [0, 0.05) is 6.61 Å². The minimum Gasteiger partial charge on any atom is -0.481 e. The highest BCUT2D eigenvalue weighted by atomic mass is 16.4. The Morgan fingerprint density at radius 1 is 1.67 bits per heavy atom. The Balaban J connectivity index is 3.54. The first kappa shape index (κ1) is 8.43. The largest absolute Gasteiger partial charge is 0.481 e. The molecule has 0 unspecified atom stereocenters. The van der Waals surface area contributed by atoms with Gasteiger partial charge in [-0.05, 0) is 12.8 Å². The molecule has 0 aromatic rings. The second-order valence-corrected chi connectivity index (χ2v) is 1.96. The van der Waals surface area contributed by atoms with Crippen LogP contribution in [0.2, 0.25) is 0 Å². The average Bonchev–Trinajstić information content (AvgIpc) is 1.82. The average molecular weight is 132 g/mol. The third-order valence-corrected chi connectivity index (χ3v) is 1.32. The quantitative estimate of drug-likeness (QED) is 0.585. The van der Waals surface area contributed by atoms with Crippen molar-refractivity contribution >= 4 is 5.97 Å². The van der Waals surface area contributed by atoms with E-state index >= 15 is 0 Å². The van der Waals surface area contributed by atoms with Gasteiger partial charge in [0.05, 0.1) is 5.92 Å². The van der Waals surface area contributed by atoms with E-state index in [-0.39, 0.29) is 12.5 Å². The highest BCUT2D eigenvalue weighted by molar-refractivity contribution is 5.69. The van der Waals surface area contributed by atoms with Gasteiger partial charge in [-0.2, -0.15) is 0 Å². The third-order valence-electron chi connectivity index (χ3n) is 1.32. The highest BCUT2D eigenvalue weighted by Crippen LogP contribution is 2.06. The molecule has 54 valence electrons. The first-order valence-electron chi connectivity index (χ1n) is 3.06. The predicted molar refractivity (Wildman–Crippen MR) is 33.1 cm³/mol. The number of hydrogen-bond acceptors (Lipinski definition) is 2. The number of carboxylic acids is 1. The molecule has 0 fully saturated rings. The Labute approximate surface area is 54.3 Å². The van der Waals surface area contributed by atoms with Crippen LogP contribution in [-0.4, -0.2) is 22.8 Å². The number of aliphatic hydroxyl groups excluding tert-OH is 1. The lowest BCUT2D eigenvalue weighted by Gasteiger charge is -2.04. The highest BCUT2D eigenvalue weighted by Gasteiger charge is 2.12. The molecule has 0 aliphatic rings. The molecule has 0 aliphatic heterocycles. The summed E-state index contributed by atoms with van der Waals surface area (Å²) in [6.07, 6.45) is 0.960. The van der Waals surface area contributed by atoms with Crippen LogP contribution < -0.4 is 0 Å². The fourth-order valence-electron chi connectivity index (χ4n) is 0.658. The molecular weight excluding hydrogens is 120 g/mol. The summed E-state index contributed by atoms with van der Waals surface area (Å²) in [5.74, 6) is -1.18. The van der Waals surface area contributed by atoms with Crippen LogP contribution in [0.5, 0.6) is 0 Å². The zero-order chi connectivity index (χ0) is 7.28. The van der Waals surface area contributed by atoms with Crippen molar-refractivity contribution in [2.45, 2.75) is 19.8 Å². The van der Waals surface area contributed by atoms with Crippen molar-refractivity contribution in [2.75, 3.05) is 6.61 Å². The van der Waals surface area contributed by atoms with Crippen molar-refractivity contribution in [3.05, 3.63) is 0 Å². The summed E-state index contributed by atoms with van der Waals surface area (Å²) in [4.78, 5) is 10.2. The maximum absolute atomic E-state index is 10.2.